The third-order valence-corrected chi connectivity index (χ3v) is 4.56. The zero-order chi connectivity index (χ0) is 14.8. The molecule has 0 aromatic rings. The van der Waals surface area contributed by atoms with E-state index in [2.05, 4.69) is 56.8 Å². The predicted octanol–water partition coefficient (Wildman–Crippen LogP) is 4.64. The summed E-state index contributed by atoms with van der Waals surface area (Å²) in [6.45, 7) is 15.6. The Morgan fingerprint density at radius 2 is 1.74 bits per heavy atom. The van der Waals surface area contributed by atoms with Crippen LogP contribution >= 0.6 is 11.9 Å². The van der Waals surface area contributed by atoms with Crippen molar-refractivity contribution in [2.45, 2.75) is 59.4 Å². The second-order valence-corrected chi connectivity index (χ2v) is 6.88. The van der Waals surface area contributed by atoms with Crippen molar-refractivity contribution in [2.24, 2.45) is 5.92 Å². The Kier molecular flexibility index (Phi) is 10.5. The van der Waals surface area contributed by atoms with Crippen LogP contribution in [0.2, 0.25) is 0 Å². The first-order valence-corrected chi connectivity index (χ1v) is 8.76. The fourth-order valence-electron chi connectivity index (χ4n) is 1.96. The van der Waals surface area contributed by atoms with Crippen LogP contribution in [-0.4, -0.2) is 41.6 Å². The molecule has 19 heavy (non-hydrogen) atoms. The molecule has 0 saturated carbocycles. The summed E-state index contributed by atoms with van der Waals surface area (Å²) in [5, 5.41) is 0. The zero-order valence-electron chi connectivity index (χ0n) is 13.9. The van der Waals surface area contributed by atoms with Crippen molar-refractivity contribution in [3.8, 4) is 0 Å². The molecule has 0 heterocycles. The smallest absolute Gasteiger partial charge is 0.0174 e. The number of rotatable bonds is 11. The van der Waals surface area contributed by atoms with Gasteiger partial charge in [-0.25, -0.2) is 4.31 Å². The average Bonchev–Trinajstić information content (AvgIpc) is 2.34. The van der Waals surface area contributed by atoms with Crippen LogP contribution in [0.1, 0.15) is 53.4 Å². The predicted molar refractivity (Wildman–Crippen MR) is 90.4 cm³/mol. The highest BCUT2D eigenvalue weighted by molar-refractivity contribution is 7.96. The number of allylic oxidation sites excluding steroid dienone is 1. The van der Waals surface area contributed by atoms with Crippen molar-refractivity contribution in [1.29, 1.82) is 0 Å². The minimum absolute atomic E-state index is 0.631. The van der Waals surface area contributed by atoms with Gasteiger partial charge in [-0.05, 0) is 51.7 Å². The van der Waals surface area contributed by atoms with Crippen LogP contribution in [0.4, 0.5) is 0 Å². The van der Waals surface area contributed by atoms with Crippen molar-refractivity contribution in [1.82, 2.24) is 9.21 Å². The fourth-order valence-corrected chi connectivity index (χ4v) is 2.69. The molecule has 0 N–H and O–H groups in total. The normalized spacial score (nSPS) is 11.6. The van der Waals surface area contributed by atoms with E-state index >= 15 is 0 Å². The Hall–Kier alpha value is -0.150. The van der Waals surface area contributed by atoms with Gasteiger partial charge in [0.1, 0.15) is 0 Å². The molecule has 0 aromatic carbocycles. The minimum atomic E-state index is 0.631. The molecule has 0 saturated heterocycles. The van der Waals surface area contributed by atoms with Crippen molar-refractivity contribution in [3.63, 3.8) is 0 Å². The van der Waals surface area contributed by atoms with Crippen LogP contribution < -0.4 is 0 Å². The molecule has 0 unspecified atom stereocenters. The molecule has 114 valence electrons. The summed E-state index contributed by atoms with van der Waals surface area (Å²) in [6, 6.07) is 0.631. The van der Waals surface area contributed by atoms with Gasteiger partial charge in [-0.2, -0.15) is 0 Å². The van der Waals surface area contributed by atoms with Gasteiger partial charge in [0.25, 0.3) is 0 Å². The van der Waals surface area contributed by atoms with E-state index < -0.39 is 0 Å². The lowest BCUT2D eigenvalue weighted by molar-refractivity contribution is 0.354. The summed E-state index contributed by atoms with van der Waals surface area (Å²) in [5.41, 5.74) is 1.29. The number of hydrogen-bond donors (Lipinski definition) is 0. The van der Waals surface area contributed by atoms with E-state index in [0.717, 1.165) is 18.9 Å². The summed E-state index contributed by atoms with van der Waals surface area (Å²) in [4.78, 5) is 2.33. The van der Waals surface area contributed by atoms with Gasteiger partial charge in [0.15, 0.2) is 0 Å². The van der Waals surface area contributed by atoms with Gasteiger partial charge in [0.2, 0.25) is 0 Å². The highest BCUT2D eigenvalue weighted by Gasteiger charge is 2.08. The fraction of sp³-hybridized carbons (Fsp3) is 0.875. The van der Waals surface area contributed by atoms with E-state index in [1.54, 1.807) is 0 Å². The maximum absolute atomic E-state index is 4.21. The maximum Gasteiger partial charge on any atom is 0.0174 e. The summed E-state index contributed by atoms with van der Waals surface area (Å²) < 4.78 is 2.45. The highest BCUT2D eigenvalue weighted by atomic mass is 32.2. The molecule has 0 aliphatic carbocycles. The van der Waals surface area contributed by atoms with Crippen molar-refractivity contribution in [2.75, 3.05) is 26.4 Å². The molecular formula is C16H34N2S. The second kappa shape index (κ2) is 10.6. The number of unbranched alkanes of at least 4 members (excludes halogenated alkanes) is 1. The Morgan fingerprint density at radius 1 is 1.11 bits per heavy atom. The van der Waals surface area contributed by atoms with Gasteiger partial charge >= 0.3 is 0 Å². The van der Waals surface area contributed by atoms with E-state index in [4.69, 9.17) is 0 Å². The molecular weight excluding hydrogens is 252 g/mol. The van der Waals surface area contributed by atoms with E-state index in [0.29, 0.717) is 6.04 Å². The van der Waals surface area contributed by atoms with Crippen molar-refractivity contribution >= 4 is 11.9 Å². The summed E-state index contributed by atoms with van der Waals surface area (Å²) >= 11 is 1.85. The van der Waals surface area contributed by atoms with Crippen LogP contribution in [0.5, 0.6) is 0 Å². The van der Waals surface area contributed by atoms with Crippen LogP contribution in [-0.2, 0) is 0 Å². The first kappa shape index (κ1) is 18.9. The molecule has 0 amide bonds. The molecule has 0 radical (unpaired) electrons. The topological polar surface area (TPSA) is 6.48 Å². The van der Waals surface area contributed by atoms with Gasteiger partial charge in [-0.1, -0.05) is 32.4 Å². The second-order valence-electron chi connectivity index (χ2n) is 6.04. The van der Waals surface area contributed by atoms with Gasteiger partial charge in [0, 0.05) is 31.9 Å². The van der Waals surface area contributed by atoms with E-state index in [1.165, 1.54) is 31.5 Å². The van der Waals surface area contributed by atoms with Crippen molar-refractivity contribution < 1.29 is 0 Å². The van der Waals surface area contributed by atoms with E-state index in [-0.39, 0.29) is 0 Å². The zero-order valence-corrected chi connectivity index (χ0v) is 14.7. The minimum Gasteiger partial charge on any atom is -0.378 e. The van der Waals surface area contributed by atoms with Gasteiger partial charge in [-0.15, -0.1) is 0 Å². The van der Waals surface area contributed by atoms with Crippen LogP contribution in [0, 0.1) is 5.92 Å². The van der Waals surface area contributed by atoms with Crippen LogP contribution in [0.25, 0.3) is 0 Å². The molecule has 0 aliphatic rings. The molecule has 0 aliphatic heterocycles. The highest BCUT2D eigenvalue weighted by Crippen LogP contribution is 2.15. The maximum atomic E-state index is 4.21. The van der Waals surface area contributed by atoms with Gasteiger partial charge in [0.05, 0.1) is 0 Å². The Balaban J connectivity index is 3.73. The molecule has 0 bridgehead atoms. The van der Waals surface area contributed by atoms with E-state index in [9.17, 15) is 0 Å². The van der Waals surface area contributed by atoms with Gasteiger partial charge in [-0.3, -0.25) is 0 Å². The van der Waals surface area contributed by atoms with Crippen molar-refractivity contribution in [3.05, 3.63) is 12.3 Å². The largest absolute Gasteiger partial charge is 0.378 e. The van der Waals surface area contributed by atoms with Gasteiger partial charge < -0.3 is 4.90 Å². The first-order valence-electron chi connectivity index (χ1n) is 7.58. The summed E-state index contributed by atoms with van der Waals surface area (Å²) in [6.07, 6.45) is 7.06. The molecule has 0 spiro atoms. The molecule has 3 heteroatoms. The Labute approximate surface area is 125 Å². The molecule has 0 fully saturated rings. The molecule has 0 rings (SSSR count). The average molecular weight is 287 g/mol. The number of nitrogens with zero attached hydrogens (tertiary/aromatic N) is 2. The van der Waals surface area contributed by atoms with Crippen LogP contribution in [0.15, 0.2) is 12.3 Å². The Bertz CT molecular complexity index is 239. The lowest BCUT2D eigenvalue weighted by Gasteiger charge is -2.25. The van der Waals surface area contributed by atoms with E-state index in [1.807, 2.05) is 11.9 Å². The Morgan fingerprint density at radius 3 is 2.21 bits per heavy atom. The summed E-state index contributed by atoms with van der Waals surface area (Å²) in [7, 11) is 2.17. The SMILES string of the molecule is C=C(CCCCN(SC)C(C)C)N(C)CCC(C)C. The third-order valence-electron chi connectivity index (χ3n) is 3.49. The lowest BCUT2D eigenvalue weighted by Crippen LogP contribution is -2.24. The quantitative estimate of drug-likeness (QED) is 0.404. The molecule has 2 nitrogen and oxygen atoms in total. The monoisotopic (exact) mass is 286 g/mol. The molecule has 0 atom stereocenters. The first-order chi connectivity index (χ1) is 8.88. The standard InChI is InChI=1S/C16H34N2S/c1-14(2)11-13-17(6)16(5)10-8-9-12-18(19-7)15(3)4/h14-15H,5,8-13H2,1-4,6-7H3. The summed E-state index contributed by atoms with van der Waals surface area (Å²) in [5.74, 6) is 0.774. The van der Waals surface area contributed by atoms with Crippen LogP contribution in [0.3, 0.4) is 0 Å². The number of hydrogen-bond acceptors (Lipinski definition) is 3. The lowest BCUT2D eigenvalue weighted by atomic mass is 10.1. The molecule has 0 aromatic heterocycles. The third kappa shape index (κ3) is 9.39.